The lowest BCUT2D eigenvalue weighted by atomic mass is 10.2. The minimum absolute atomic E-state index is 0.216. The SMILES string of the molecule is COc1ccc(NC(=O)c2ncccc2N)cc1. The quantitative estimate of drug-likeness (QED) is 0.863. The predicted molar refractivity (Wildman–Crippen MR) is 69.6 cm³/mol. The predicted octanol–water partition coefficient (Wildman–Crippen LogP) is 1.92. The van der Waals surface area contributed by atoms with Gasteiger partial charge in [0.05, 0.1) is 12.8 Å². The van der Waals surface area contributed by atoms with Gasteiger partial charge in [-0.3, -0.25) is 4.79 Å². The van der Waals surface area contributed by atoms with Gasteiger partial charge in [0.2, 0.25) is 0 Å². The monoisotopic (exact) mass is 243 g/mol. The van der Waals surface area contributed by atoms with E-state index >= 15 is 0 Å². The second-order valence-corrected chi connectivity index (χ2v) is 3.62. The number of hydrogen-bond acceptors (Lipinski definition) is 4. The summed E-state index contributed by atoms with van der Waals surface area (Å²) < 4.78 is 5.03. The summed E-state index contributed by atoms with van der Waals surface area (Å²) in [5, 5.41) is 2.71. The van der Waals surface area contributed by atoms with E-state index in [2.05, 4.69) is 10.3 Å². The summed E-state index contributed by atoms with van der Waals surface area (Å²) in [4.78, 5) is 15.9. The van der Waals surface area contributed by atoms with Crippen molar-refractivity contribution in [3.63, 3.8) is 0 Å². The van der Waals surface area contributed by atoms with E-state index < -0.39 is 0 Å². The molecule has 0 unspecified atom stereocenters. The number of methoxy groups -OCH3 is 1. The number of aromatic nitrogens is 1. The van der Waals surface area contributed by atoms with Crippen molar-refractivity contribution < 1.29 is 9.53 Å². The number of nitrogen functional groups attached to an aromatic ring is 1. The number of amides is 1. The molecule has 1 aromatic heterocycles. The molecule has 1 aromatic carbocycles. The molecule has 2 rings (SSSR count). The Morgan fingerprint density at radius 2 is 2.00 bits per heavy atom. The van der Waals surface area contributed by atoms with E-state index in [1.807, 2.05) is 0 Å². The second kappa shape index (κ2) is 5.18. The summed E-state index contributed by atoms with van der Waals surface area (Å²) in [6.45, 7) is 0. The van der Waals surface area contributed by atoms with Crippen molar-refractivity contribution >= 4 is 17.3 Å². The van der Waals surface area contributed by atoms with Crippen LogP contribution < -0.4 is 15.8 Å². The fraction of sp³-hybridized carbons (Fsp3) is 0.0769. The number of benzene rings is 1. The van der Waals surface area contributed by atoms with Gasteiger partial charge in [-0.25, -0.2) is 4.98 Å². The molecule has 0 saturated heterocycles. The largest absolute Gasteiger partial charge is 0.497 e. The van der Waals surface area contributed by atoms with Crippen LogP contribution in [0.15, 0.2) is 42.6 Å². The molecule has 0 bridgehead atoms. The van der Waals surface area contributed by atoms with Crippen LogP contribution in [0.3, 0.4) is 0 Å². The van der Waals surface area contributed by atoms with Crippen molar-refractivity contribution in [1.29, 1.82) is 0 Å². The Balaban J connectivity index is 2.14. The van der Waals surface area contributed by atoms with Gasteiger partial charge in [-0.1, -0.05) is 0 Å². The standard InChI is InChI=1S/C13H13N3O2/c1-18-10-6-4-9(5-7-10)16-13(17)12-11(14)3-2-8-15-12/h2-8H,14H2,1H3,(H,16,17). The van der Waals surface area contributed by atoms with E-state index in [9.17, 15) is 4.79 Å². The molecule has 0 spiro atoms. The molecular formula is C13H13N3O2. The Bertz CT molecular complexity index is 552. The van der Waals surface area contributed by atoms with Crippen molar-refractivity contribution in [2.45, 2.75) is 0 Å². The van der Waals surface area contributed by atoms with Crippen LogP contribution in [0.4, 0.5) is 11.4 Å². The van der Waals surface area contributed by atoms with Gasteiger partial charge in [0.1, 0.15) is 5.75 Å². The summed E-state index contributed by atoms with van der Waals surface area (Å²) >= 11 is 0. The van der Waals surface area contributed by atoms with Gasteiger partial charge >= 0.3 is 0 Å². The van der Waals surface area contributed by atoms with E-state index in [4.69, 9.17) is 10.5 Å². The smallest absolute Gasteiger partial charge is 0.276 e. The maximum atomic E-state index is 11.9. The minimum Gasteiger partial charge on any atom is -0.497 e. The van der Waals surface area contributed by atoms with Crippen molar-refractivity contribution in [3.05, 3.63) is 48.3 Å². The first-order valence-corrected chi connectivity index (χ1v) is 5.36. The third kappa shape index (κ3) is 2.57. The summed E-state index contributed by atoms with van der Waals surface area (Å²) in [7, 11) is 1.59. The number of anilines is 2. The molecule has 0 fully saturated rings. The molecule has 0 aliphatic rings. The normalized spacial score (nSPS) is 9.83. The maximum Gasteiger partial charge on any atom is 0.276 e. The Morgan fingerprint density at radius 1 is 1.28 bits per heavy atom. The summed E-state index contributed by atoms with van der Waals surface area (Å²) in [6.07, 6.45) is 1.53. The minimum atomic E-state index is -0.335. The lowest BCUT2D eigenvalue weighted by Gasteiger charge is -2.07. The van der Waals surface area contributed by atoms with Crippen LogP contribution in [0, 0.1) is 0 Å². The van der Waals surface area contributed by atoms with E-state index in [-0.39, 0.29) is 11.6 Å². The van der Waals surface area contributed by atoms with Crippen molar-refractivity contribution in [3.8, 4) is 5.75 Å². The van der Waals surface area contributed by atoms with Gasteiger partial charge in [-0.05, 0) is 36.4 Å². The number of hydrogen-bond donors (Lipinski definition) is 2. The first-order valence-electron chi connectivity index (χ1n) is 5.36. The van der Waals surface area contributed by atoms with E-state index in [0.29, 0.717) is 11.4 Å². The van der Waals surface area contributed by atoms with Gasteiger partial charge in [0, 0.05) is 11.9 Å². The van der Waals surface area contributed by atoms with Gasteiger partial charge in [-0.2, -0.15) is 0 Å². The van der Waals surface area contributed by atoms with Gasteiger partial charge in [-0.15, -0.1) is 0 Å². The molecule has 92 valence electrons. The van der Waals surface area contributed by atoms with Crippen LogP contribution in [0.25, 0.3) is 0 Å². The Labute approximate surface area is 105 Å². The highest BCUT2D eigenvalue weighted by Gasteiger charge is 2.10. The number of nitrogens with zero attached hydrogens (tertiary/aromatic N) is 1. The molecule has 3 N–H and O–H groups in total. The highest BCUT2D eigenvalue weighted by atomic mass is 16.5. The topological polar surface area (TPSA) is 77.2 Å². The summed E-state index contributed by atoms with van der Waals surface area (Å²) in [5.41, 5.74) is 6.90. The van der Waals surface area contributed by atoms with Crippen LogP contribution in [0.1, 0.15) is 10.5 Å². The zero-order valence-electron chi connectivity index (χ0n) is 9.88. The molecule has 0 radical (unpaired) electrons. The Morgan fingerprint density at radius 3 is 2.61 bits per heavy atom. The number of carbonyl (C=O) groups excluding carboxylic acids is 1. The number of nitrogens with two attached hydrogens (primary N) is 1. The summed E-state index contributed by atoms with van der Waals surface area (Å²) in [6, 6.07) is 10.3. The molecule has 18 heavy (non-hydrogen) atoms. The maximum absolute atomic E-state index is 11.9. The van der Waals surface area contributed by atoms with Crippen LogP contribution in [0.2, 0.25) is 0 Å². The van der Waals surface area contributed by atoms with E-state index in [1.54, 1.807) is 43.5 Å². The zero-order chi connectivity index (χ0) is 13.0. The van der Waals surface area contributed by atoms with E-state index in [0.717, 1.165) is 5.75 Å². The number of carbonyl (C=O) groups is 1. The molecule has 5 heteroatoms. The van der Waals surface area contributed by atoms with E-state index in [1.165, 1.54) is 6.20 Å². The number of ether oxygens (including phenoxy) is 1. The fourth-order valence-corrected chi connectivity index (χ4v) is 1.47. The molecule has 2 aromatic rings. The zero-order valence-corrected chi connectivity index (χ0v) is 9.88. The molecule has 1 heterocycles. The number of nitrogens with one attached hydrogen (secondary N) is 1. The van der Waals surface area contributed by atoms with Gasteiger partial charge < -0.3 is 15.8 Å². The van der Waals surface area contributed by atoms with Crippen molar-refractivity contribution in [2.75, 3.05) is 18.2 Å². The van der Waals surface area contributed by atoms with Crippen LogP contribution >= 0.6 is 0 Å². The average molecular weight is 243 g/mol. The molecule has 0 aliphatic carbocycles. The number of rotatable bonds is 3. The molecule has 0 atom stereocenters. The lowest BCUT2D eigenvalue weighted by molar-refractivity contribution is 0.102. The number of pyridine rings is 1. The average Bonchev–Trinajstić information content (AvgIpc) is 2.40. The highest BCUT2D eigenvalue weighted by Crippen LogP contribution is 2.16. The lowest BCUT2D eigenvalue weighted by Crippen LogP contribution is -2.15. The third-order valence-corrected chi connectivity index (χ3v) is 2.40. The fourth-order valence-electron chi connectivity index (χ4n) is 1.47. The Kier molecular flexibility index (Phi) is 3.43. The highest BCUT2D eigenvalue weighted by molar-refractivity contribution is 6.06. The molecule has 5 nitrogen and oxygen atoms in total. The van der Waals surface area contributed by atoms with Crippen molar-refractivity contribution in [2.24, 2.45) is 0 Å². The van der Waals surface area contributed by atoms with Crippen LogP contribution in [-0.2, 0) is 0 Å². The first-order chi connectivity index (χ1) is 8.70. The van der Waals surface area contributed by atoms with Crippen molar-refractivity contribution in [1.82, 2.24) is 4.98 Å². The second-order valence-electron chi connectivity index (χ2n) is 3.62. The van der Waals surface area contributed by atoms with Crippen LogP contribution in [-0.4, -0.2) is 18.0 Å². The summed E-state index contributed by atoms with van der Waals surface area (Å²) in [5.74, 6) is 0.392. The van der Waals surface area contributed by atoms with Crippen LogP contribution in [0.5, 0.6) is 5.75 Å². The molecule has 1 amide bonds. The first kappa shape index (κ1) is 11.9. The van der Waals surface area contributed by atoms with Gasteiger partial charge in [0.25, 0.3) is 5.91 Å². The molecule has 0 saturated carbocycles. The Hall–Kier alpha value is -2.56. The van der Waals surface area contributed by atoms with Gasteiger partial charge in [0.15, 0.2) is 5.69 Å². The third-order valence-electron chi connectivity index (χ3n) is 2.40. The molecule has 0 aliphatic heterocycles. The molecular weight excluding hydrogens is 230 g/mol.